The largest absolute Gasteiger partial charge is 0.477 e. The number of carboxylic acid groups (broad SMARTS) is 1. The van der Waals surface area contributed by atoms with Crippen LogP contribution >= 0.6 is 0 Å². The number of ether oxygens (including phenoxy) is 4. The molecule has 9 nitrogen and oxygen atoms in total. The lowest BCUT2D eigenvalue weighted by atomic mass is 10.0. The molecule has 0 aliphatic rings. The molecule has 0 aromatic rings. The van der Waals surface area contributed by atoms with Crippen molar-refractivity contribution >= 4 is 17.9 Å². The summed E-state index contributed by atoms with van der Waals surface area (Å²) in [7, 11) is 5.96. The van der Waals surface area contributed by atoms with Gasteiger partial charge in [0, 0.05) is 12.8 Å². The monoisotopic (exact) mass is 1310 g/mol. The van der Waals surface area contributed by atoms with Crippen molar-refractivity contribution in [2.24, 2.45) is 0 Å². The van der Waals surface area contributed by atoms with E-state index in [0.717, 1.165) is 154 Å². The van der Waals surface area contributed by atoms with Crippen LogP contribution in [-0.4, -0.2) is 87.4 Å². The highest BCUT2D eigenvalue weighted by Gasteiger charge is 2.25. The van der Waals surface area contributed by atoms with E-state index >= 15 is 0 Å². The molecule has 2 atom stereocenters. The number of unbranched alkanes of at least 4 members (excludes halogenated alkanes) is 17. The van der Waals surface area contributed by atoms with Gasteiger partial charge in [-0.3, -0.25) is 9.59 Å². The lowest BCUT2D eigenvalue weighted by molar-refractivity contribution is -0.870. The van der Waals surface area contributed by atoms with Gasteiger partial charge < -0.3 is 28.5 Å². The quantitative estimate of drug-likeness (QED) is 0.0211. The van der Waals surface area contributed by atoms with E-state index in [9.17, 15) is 19.5 Å². The van der Waals surface area contributed by atoms with E-state index in [-0.39, 0.29) is 38.6 Å². The fraction of sp³-hybridized carbons (Fsp3) is 0.570. The fourth-order valence-electron chi connectivity index (χ4n) is 9.43. The van der Waals surface area contributed by atoms with Crippen LogP contribution in [-0.2, 0) is 33.3 Å². The van der Waals surface area contributed by atoms with Crippen LogP contribution in [0.25, 0.3) is 0 Å². The molecule has 0 aliphatic carbocycles. The molecule has 0 aromatic carbocycles. The Hall–Kier alpha value is -6.13. The molecule has 1 N–H and O–H groups in total. The summed E-state index contributed by atoms with van der Waals surface area (Å²) in [5.41, 5.74) is 0. The Labute approximate surface area is 582 Å². The van der Waals surface area contributed by atoms with Crippen molar-refractivity contribution in [2.45, 2.75) is 270 Å². The van der Waals surface area contributed by atoms with Crippen LogP contribution in [0.4, 0.5) is 0 Å². The van der Waals surface area contributed by atoms with Crippen LogP contribution in [0.5, 0.6) is 0 Å². The highest BCUT2D eigenvalue weighted by atomic mass is 16.7. The minimum atomic E-state index is -1.53. The van der Waals surface area contributed by atoms with Gasteiger partial charge in [0.15, 0.2) is 6.10 Å². The van der Waals surface area contributed by atoms with E-state index in [4.69, 9.17) is 18.9 Å². The molecule has 0 heterocycles. The van der Waals surface area contributed by atoms with Crippen LogP contribution in [0.15, 0.2) is 207 Å². The summed E-state index contributed by atoms with van der Waals surface area (Å²) >= 11 is 0. The Balaban J connectivity index is 4.22. The SMILES string of the molecule is CC/C=C\C/C=C\C/C=C\C/C=C\C/C=C\C/C=C\C/C=C\C/C=C\C/C=C\C/C=C\CCCCCCC(=O)OC(COC(=O)CCCCCCCCCCCCCCC/C=C\C/C=C\C/C=C\C/C=C\C/C=C\C/C=C\C/C=C\CC)COC(OCC[N+](C)(C)C)C(=O)O. The number of aliphatic carboxylic acids is 1. The summed E-state index contributed by atoms with van der Waals surface area (Å²) in [4.78, 5) is 37.7. The average molecular weight is 1310 g/mol. The van der Waals surface area contributed by atoms with E-state index in [1.54, 1.807) is 0 Å². The molecule has 0 aromatic heterocycles. The van der Waals surface area contributed by atoms with Crippen LogP contribution in [0.2, 0.25) is 0 Å². The van der Waals surface area contributed by atoms with Gasteiger partial charge in [0.1, 0.15) is 13.2 Å². The fourth-order valence-corrected chi connectivity index (χ4v) is 9.43. The zero-order valence-corrected chi connectivity index (χ0v) is 60.7. The van der Waals surface area contributed by atoms with Crippen molar-refractivity contribution in [3.63, 3.8) is 0 Å². The van der Waals surface area contributed by atoms with E-state index in [1.807, 2.05) is 21.1 Å². The Morgan fingerprint density at radius 2 is 0.568 bits per heavy atom. The third-order valence-electron chi connectivity index (χ3n) is 15.0. The number of carboxylic acids is 1. The van der Waals surface area contributed by atoms with Crippen LogP contribution in [0.1, 0.15) is 258 Å². The van der Waals surface area contributed by atoms with Crippen LogP contribution < -0.4 is 0 Å². The second kappa shape index (κ2) is 73.7. The van der Waals surface area contributed by atoms with Gasteiger partial charge in [0.05, 0.1) is 34.4 Å². The summed E-state index contributed by atoms with van der Waals surface area (Å²) < 4.78 is 23.0. The molecule has 0 spiro atoms. The number of rotatable bonds is 66. The van der Waals surface area contributed by atoms with E-state index in [2.05, 4.69) is 220 Å². The van der Waals surface area contributed by atoms with Gasteiger partial charge in [-0.2, -0.15) is 0 Å². The van der Waals surface area contributed by atoms with Crippen molar-refractivity contribution in [3.05, 3.63) is 207 Å². The highest BCUT2D eigenvalue weighted by Crippen LogP contribution is 2.16. The lowest BCUT2D eigenvalue weighted by Crippen LogP contribution is -2.40. The molecule has 95 heavy (non-hydrogen) atoms. The van der Waals surface area contributed by atoms with Crippen molar-refractivity contribution in [2.75, 3.05) is 47.5 Å². The summed E-state index contributed by atoms with van der Waals surface area (Å²) in [5, 5.41) is 9.76. The number of esters is 2. The van der Waals surface area contributed by atoms with E-state index < -0.39 is 24.3 Å². The first-order valence-electron chi connectivity index (χ1n) is 37.2. The molecular formula is C86H136NO8+. The first-order valence-corrected chi connectivity index (χ1v) is 37.2. The Morgan fingerprint density at radius 1 is 0.316 bits per heavy atom. The molecule has 0 bridgehead atoms. The molecule has 0 aliphatic heterocycles. The molecule has 0 rings (SSSR count). The number of hydrogen-bond acceptors (Lipinski definition) is 7. The van der Waals surface area contributed by atoms with Crippen molar-refractivity contribution < 1.29 is 42.9 Å². The zero-order chi connectivity index (χ0) is 69.0. The van der Waals surface area contributed by atoms with Crippen molar-refractivity contribution in [3.8, 4) is 0 Å². The molecule has 2 unspecified atom stereocenters. The molecule has 0 amide bonds. The number of allylic oxidation sites excluding steroid dienone is 34. The second-order valence-corrected chi connectivity index (χ2v) is 25.1. The second-order valence-electron chi connectivity index (χ2n) is 25.1. The van der Waals surface area contributed by atoms with Gasteiger partial charge in [-0.1, -0.05) is 304 Å². The maximum absolute atomic E-state index is 13.0. The molecular weight excluding hydrogens is 1170 g/mol. The number of likely N-dealkylation sites (N-methyl/N-ethyl adjacent to an activating group) is 1. The molecule has 0 fully saturated rings. The topological polar surface area (TPSA) is 108 Å². The van der Waals surface area contributed by atoms with E-state index in [1.165, 1.54) is 70.6 Å². The maximum Gasteiger partial charge on any atom is 0.361 e. The third-order valence-corrected chi connectivity index (χ3v) is 15.0. The predicted molar refractivity (Wildman–Crippen MR) is 409 cm³/mol. The normalized spacial score (nSPS) is 13.9. The maximum atomic E-state index is 13.0. The van der Waals surface area contributed by atoms with Crippen LogP contribution in [0.3, 0.4) is 0 Å². The van der Waals surface area contributed by atoms with Crippen molar-refractivity contribution in [1.29, 1.82) is 0 Å². The summed E-state index contributed by atoms with van der Waals surface area (Å²) in [6.45, 7) is 4.60. The summed E-state index contributed by atoms with van der Waals surface area (Å²) in [6.07, 6.45) is 112. The average Bonchev–Trinajstić information content (AvgIpc) is 3.58. The molecule has 0 radical (unpaired) electrons. The minimum Gasteiger partial charge on any atom is -0.477 e. The molecule has 532 valence electrons. The lowest BCUT2D eigenvalue weighted by Gasteiger charge is -2.25. The van der Waals surface area contributed by atoms with Gasteiger partial charge >= 0.3 is 17.9 Å². The van der Waals surface area contributed by atoms with Gasteiger partial charge in [-0.15, -0.1) is 0 Å². The zero-order valence-electron chi connectivity index (χ0n) is 60.7. The number of hydrogen-bond donors (Lipinski definition) is 1. The smallest absolute Gasteiger partial charge is 0.361 e. The predicted octanol–water partition coefficient (Wildman–Crippen LogP) is 23.9. The molecule has 0 saturated carbocycles. The Kier molecular flexibility index (Phi) is 68.9. The Morgan fingerprint density at radius 3 is 0.842 bits per heavy atom. The first kappa shape index (κ1) is 88.9. The molecule has 9 heteroatoms. The van der Waals surface area contributed by atoms with Crippen LogP contribution in [0, 0.1) is 0 Å². The summed E-state index contributed by atoms with van der Waals surface area (Å²) in [5.74, 6) is -2.06. The number of carbonyl (C=O) groups excluding carboxylic acids is 2. The van der Waals surface area contributed by atoms with Gasteiger partial charge in [-0.05, 0) is 148 Å². The van der Waals surface area contributed by atoms with Gasteiger partial charge in [0.25, 0.3) is 6.29 Å². The van der Waals surface area contributed by atoms with E-state index in [0.29, 0.717) is 17.4 Å². The first-order chi connectivity index (χ1) is 46.6. The highest BCUT2D eigenvalue weighted by molar-refractivity contribution is 5.71. The van der Waals surface area contributed by atoms with Crippen molar-refractivity contribution in [1.82, 2.24) is 0 Å². The number of carbonyl (C=O) groups is 3. The van der Waals surface area contributed by atoms with Gasteiger partial charge in [-0.25, -0.2) is 4.79 Å². The Bertz CT molecular complexity index is 2320. The number of nitrogens with zero attached hydrogens (tertiary/aromatic N) is 1. The third kappa shape index (κ3) is 75.1. The number of quaternary nitrogens is 1. The minimum absolute atomic E-state index is 0.171. The van der Waals surface area contributed by atoms with Gasteiger partial charge in [0.2, 0.25) is 0 Å². The molecule has 0 saturated heterocycles. The standard InChI is InChI=1S/C86H135NO8/c1-6-8-10-12-14-16-18-20-22-24-26-28-30-32-34-36-38-40-42-44-46-48-50-52-54-56-58-60-62-64-66-68-70-72-74-76-83(88)93-80-82(81-94-86(85(90)91)92-79-78-87(3,4)5)95-84(89)77-75-73-71-69-67-65-63-61-59-57-55-53-51-49-47-45-43-41-39-37-35-33-31-29-27-25-23-21-19-17-15-13-11-9-7-2/h8-11,14-17,20-23,26-29,32-35,38-41,44-47,51,53,57,59,63,65,82,86H,6-7,12-13,18-19,24-25,30-31,36-37,42-43,48-50,52,54-56,58,60-62,64,66-81H2,1-5H3/p+1/b10-8-,11-9-,16-14-,17-15-,22-20-,23-21-,28-26-,29-27-,34-32-,35-33-,40-38-,41-39-,46-44-,47-45-,53-51-,59-57-,65-63-. The summed E-state index contributed by atoms with van der Waals surface area (Å²) in [6, 6.07) is 0.